The van der Waals surface area contributed by atoms with Gasteiger partial charge in [0.1, 0.15) is 0 Å². The van der Waals surface area contributed by atoms with Crippen LogP contribution in [0.15, 0.2) is 42.5 Å². The Morgan fingerprint density at radius 1 is 0.850 bits per heavy atom. The van der Waals surface area contributed by atoms with Crippen molar-refractivity contribution in [3.8, 4) is 0 Å². The Kier molecular flexibility index (Phi) is 5.25. The second-order valence-electron chi connectivity index (χ2n) is 5.74. The van der Waals surface area contributed by atoms with Crippen LogP contribution >= 0.6 is 11.6 Å². The minimum atomic E-state index is 0.207. The molecule has 1 unspecified atom stereocenters. The van der Waals surface area contributed by atoms with E-state index in [0.29, 0.717) is 0 Å². The average Bonchev–Trinajstić information content (AvgIpc) is 2.42. The van der Waals surface area contributed by atoms with E-state index in [-0.39, 0.29) is 5.38 Å². The molecule has 20 heavy (non-hydrogen) atoms. The molecule has 0 aromatic heterocycles. The van der Waals surface area contributed by atoms with Gasteiger partial charge >= 0.3 is 0 Å². The van der Waals surface area contributed by atoms with E-state index in [0.717, 1.165) is 19.3 Å². The molecule has 1 heteroatoms. The van der Waals surface area contributed by atoms with Gasteiger partial charge in [0, 0.05) is 5.38 Å². The van der Waals surface area contributed by atoms with E-state index in [9.17, 15) is 0 Å². The van der Waals surface area contributed by atoms with Crippen molar-refractivity contribution in [2.24, 2.45) is 0 Å². The molecule has 0 saturated carbocycles. The zero-order valence-corrected chi connectivity index (χ0v) is 13.4. The van der Waals surface area contributed by atoms with Crippen molar-refractivity contribution in [1.82, 2.24) is 0 Å². The SMILES string of the molecule is Cc1ccc(CCC(Cl)Cc2ccc(C)c(C)c2)cc1. The van der Waals surface area contributed by atoms with Crippen molar-refractivity contribution >= 4 is 11.6 Å². The van der Waals surface area contributed by atoms with Gasteiger partial charge in [0.05, 0.1) is 0 Å². The summed E-state index contributed by atoms with van der Waals surface area (Å²) in [5, 5.41) is 0.207. The molecule has 0 amide bonds. The molecule has 1 atom stereocenters. The minimum Gasteiger partial charge on any atom is -0.123 e. The standard InChI is InChI=1S/C19H23Cl/c1-14-4-7-17(8-5-14)10-11-19(20)13-18-9-6-15(2)16(3)12-18/h4-9,12,19H,10-11,13H2,1-3H3. The molecule has 0 radical (unpaired) electrons. The van der Waals surface area contributed by atoms with Crippen molar-refractivity contribution in [1.29, 1.82) is 0 Å². The molecule has 2 aromatic carbocycles. The molecule has 0 bridgehead atoms. The highest BCUT2D eigenvalue weighted by Gasteiger charge is 2.07. The van der Waals surface area contributed by atoms with Gasteiger partial charge in [-0.15, -0.1) is 11.6 Å². The van der Waals surface area contributed by atoms with Gasteiger partial charge < -0.3 is 0 Å². The quantitative estimate of drug-likeness (QED) is 0.646. The summed E-state index contributed by atoms with van der Waals surface area (Å²) in [5.41, 5.74) is 6.73. The first-order chi connectivity index (χ1) is 9.54. The van der Waals surface area contributed by atoms with Crippen LogP contribution in [0, 0.1) is 20.8 Å². The number of hydrogen-bond donors (Lipinski definition) is 0. The Morgan fingerprint density at radius 2 is 1.50 bits per heavy atom. The molecule has 0 saturated heterocycles. The first kappa shape index (κ1) is 15.1. The van der Waals surface area contributed by atoms with Crippen LogP contribution in [-0.4, -0.2) is 5.38 Å². The zero-order valence-electron chi connectivity index (χ0n) is 12.6. The lowest BCUT2D eigenvalue weighted by atomic mass is 10.00. The summed E-state index contributed by atoms with van der Waals surface area (Å²) >= 11 is 6.49. The Bertz CT molecular complexity index is 554. The van der Waals surface area contributed by atoms with Crippen LogP contribution in [0.3, 0.4) is 0 Å². The molecule has 0 spiro atoms. The van der Waals surface area contributed by atoms with E-state index < -0.39 is 0 Å². The fourth-order valence-corrected chi connectivity index (χ4v) is 2.65. The van der Waals surface area contributed by atoms with E-state index in [4.69, 9.17) is 11.6 Å². The Labute approximate surface area is 127 Å². The molecule has 106 valence electrons. The first-order valence-electron chi connectivity index (χ1n) is 7.30. The van der Waals surface area contributed by atoms with Gasteiger partial charge in [-0.25, -0.2) is 0 Å². The zero-order chi connectivity index (χ0) is 14.5. The van der Waals surface area contributed by atoms with Crippen molar-refractivity contribution in [2.45, 2.75) is 45.4 Å². The summed E-state index contributed by atoms with van der Waals surface area (Å²) in [6.45, 7) is 6.43. The third-order valence-electron chi connectivity index (χ3n) is 3.90. The van der Waals surface area contributed by atoms with E-state index in [2.05, 4.69) is 63.2 Å². The lowest BCUT2D eigenvalue weighted by Crippen LogP contribution is -2.05. The monoisotopic (exact) mass is 286 g/mol. The second-order valence-corrected chi connectivity index (χ2v) is 6.36. The third-order valence-corrected chi connectivity index (χ3v) is 4.27. The Hall–Kier alpha value is -1.27. The van der Waals surface area contributed by atoms with Gasteiger partial charge in [-0.1, -0.05) is 48.0 Å². The van der Waals surface area contributed by atoms with Gasteiger partial charge in [0.25, 0.3) is 0 Å². The van der Waals surface area contributed by atoms with E-state index in [1.54, 1.807) is 0 Å². The lowest BCUT2D eigenvalue weighted by Gasteiger charge is -2.11. The van der Waals surface area contributed by atoms with Gasteiger partial charge in [-0.2, -0.15) is 0 Å². The third kappa shape index (κ3) is 4.38. The fraction of sp³-hybridized carbons (Fsp3) is 0.368. The highest BCUT2D eigenvalue weighted by molar-refractivity contribution is 6.20. The molecule has 0 aliphatic rings. The van der Waals surface area contributed by atoms with Crippen molar-refractivity contribution < 1.29 is 0 Å². The van der Waals surface area contributed by atoms with Crippen LogP contribution in [-0.2, 0) is 12.8 Å². The first-order valence-corrected chi connectivity index (χ1v) is 7.74. The predicted molar refractivity (Wildman–Crippen MR) is 88.8 cm³/mol. The normalized spacial score (nSPS) is 12.4. The highest BCUT2D eigenvalue weighted by atomic mass is 35.5. The number of hydrogen-bond acceptors (Lipinski definition) is 0. The van der Waals surface area contributed by atoms with Crippen LogP contribution in [0.2, 0.25) is 0 Å². The van der Waals surface area contributed by atoms with Crippen LogP contribution < -0.4 is 0 Å². The van der Waals surface area contributed by atoms with Gasteiger partial charge in [-0.3, -0.25) is 0 Å². The van der Waals surface area contributed by atoms with Gasteiger partial charge in [0.15, 0.2) is 0 Å². The summed E-state index contributed by atoms with van der Waals surface area (Å²) in [6, 6.07) is 15.4. The van der Waals surface area contributed by atoms with Crippen LogP contribution in [0.4, 0.5) is 0 Å². The second kappa shape index (κ2) is 6.95. The minimum absolute atomic E-state index is 0.207. The molecule has 2 aromatic rings. The molecule has 0 aliphatic carbocycles. The van der Waals surface area contributed by atoms with Gasteiger partial charge in [-0.05, 0) is 62.3 Å². The Balaban J connectivity index is 1.87. The van der Waals surface area contributed by atoms with E-state index in [1.165, 1.54) is 27.8 Å². The number of benzene rings is 2. The lowest BCUT2D eigenvalue weighted by molar-refractivity contribution is 0.743. The largest absolute Gasteiger partial charge is 0.123 e. The van der Waals surface area contributed by atoms with Crippen molar-refractivity contribution in [2.75, 3.05) is 0 Å². The van der Waals surface area contributed by atoms with Crippen LogP contribution in [0.1, 0.15) is 34.2 Å². The molecular weight excluding hydrogens is 264 g/mol. The molecule has 0 N–H and O–H groups in total. The Morgan fingerprint density at radius 3 is 2.15 bits per heavy atom. The number of halogens is 1. The maximum Gasteiger partial charge on any atom is 0.0379 e. The fourth-order valence-electron chi connectivity index (χ4n) is 2.37. The number of aryl methyl sites for hydroxylation is 4. The van der Waals surface area contributed by atoms with Crippen LogP contribution in [0.5, 0.6) is 0 Å². The molecule has 0 nitrogen and oxygen atoms in total. The molecular formula is C19H23Cl. The van der Waals surface area contributed by atoms with Crippen LogP contribution in [0.25, 0.3) is 0 Å². The molecule has 0 aliphatic heterocycles. The summed E-state index contributed by atoms with van der Waals surface area (Å²) in [5.74, 6) is 0. The molecule has 0 heterocycles. The predicted octanol–water partition coefficient (Wildman–Crippen LogP) is 5.39. The van der Waals surface area contributed by atoms with Gasteiger partial charge in [0.2, 0.25) is 0 Å². The topological polar surface area (TPSA) is 0 Å². The number of rotatable bonds is 5. The van der Waals surface area contributed by atoms with Crippen molar-refractivity contribution in [3.63, 3.8) is 0 Å². The maximum absolute atomic E-state index is 6.49. The van der Waals surface area contributed by atoms with E-state index >= 15 is 0 Å². The molecule has 0 fully saturated rings. The summed E-state index contributed by atoms with van der Waals surface area (Å²) in [7, 11) is 0. The summed E-state index contributed by atoms with van der Waals surface area (Å²) < 4.78 is 0. The van der Waals surface area contributed by atoms with Crippen molar-refractivity contribution in [3.05, 3.63) is 70.3 Å². The maximum atomic E-state index is 6.49. The highest BCUT2D eigenvalue weighted by Crippen LogP contribution is 2.17. The smallest absolute Gasteiger partial charge is 0.0379 e. The number of alkyl halides is 1. The summed E-state index contributed by atoms with van der Waals surface area (Å²) in [6.07, 6.45) is 3.03. The summed E-state index contributed by atoms with van der Waals surface area (Å²) in [4.78, 5) is 0. The average molecular weight is 287 g/mol. The van der Waals surface area contributed by atoms with E-state index in [1.807, 2.05) is 0 Å². The molecule has 2 rings (SSSR count).